The van der Waals surface area contributed by atoms with Crippen LogP contribution in [0.2, 0.25) is 0 Å². The third kappa shape index (κ3) is 4.26. The molecule has 0 N–H and O–H groups in total. The molecule has 0 saturated heterocycles. The van der Waals surface area contributed by atoms with Crippen molar-refractivity contribution in [1.82, 2.24) is 4.98 Å². The Morgan fingerprint density at radius 1 is 1.14 bits per heavy atom. The van der Waals surface area contributed by atoms with E-state index in [9.17, 15) is 26.4 Å². The van der Waals surface area contributed by atoms with Crippen molar-refractivity contribution in [2.45, 2.75) is 10.4 Å². The molecule has 2 aromatic carbocycles. The number of carbonyl (C=O) groups is 1. The number of hydrogen-bond acceptors (Lipinski definition) is 6. The lowest BCUT2D eigenvalue weighted by atomic mass is 10.2. The van der Waals surface area contributed by atoms with Gasteiger partial charge < -0.3 is 4.74 Å². The highest BCUT2D eigenvalue weighted by molar-refractivity contribution is 7.92. The molecule has 3 rings (SSSR count). The van der Waals surface area contributed by atoms with Crippen LogP contribution in [0.25, 0.3) is 10.2 Å². The van der Waals surface area contributed by atoms with Crippen molar-refractivity contribution in [2.24, 2.45) is 0 Å². The molecule has 0 atom stereocenters. The number of nitrogens with zero attached hydrogens (tertiary/aromatic N) is 2. The Hall–Kier alpha value is -2.50. The summed E-state index contributed by atoms with van der Waals surface area (Å²) in [6.07, 6.45) is 0. The van der Waals surface area contributed by atoms with E-state index in [-0.39, 0.29) is 18.7 Å². The van der Waals surface area contributed by atoms with Gasteiger partial charge in [0.2, 0.25) is 0 Å². The van der Waals surface area contributed by atoms with Gasteiger partial charge in [0.25, 0.3) is 15.7 Å². The predicted octanol–water partition coefficient (Wildman–Crippen LogP) is 3.88. The second-order valence-electron chi connectivity index (χ2n) is 5.89. The van der Waals surface area contributed by atoms with Gasteiger partial charge in [-0.2, -0.15) is 13.2 Å². The zero-order chi connectivity index (χ0) is 21.2. The standard InChI is InChI=1S/C18H15F3N2O4S2/c1-27-11-10-23(17-22-14-4-2-3-5-15(14)28-17)16(24)12-6-8-13(9-7-12)29(25,26)18(19,20)21/h2-9H,10-11H2,1H3. The van der Waals surface area contributed by atoms with Gasteiger partial charge in [-0.3, -0.25) is 9.69 Å². The van der Waals surface area contributed by atoms with Crippen LogP contribution in [0.15, 0.2) is 53.4 Å². The monoisotopic (exact) mass is 444 g/mol. The summed E-state index contributed by atoms with van der Waals surface area (Å²) >= 11 is 1.28. The highest BCUT2D eigenvalue weighted by atomic mass is 32.2. The molecule has 1 amide bonds. The molecule has 1 aromatic heterocycles. The van der Waals surface area contributed by atoms with Crippen LogP contribution in [0.5, 0.6) is 0 Å². The topological polar surface area (TPSA) is 76.6 Å². The molecule has 3 aromatic rings. The zero-order valence-electron chi connectivity index (χ0n) is 15.0. The summed E-state index contributed by atoms with van der Waals surface area (Å²) in [5.74, 6) is -0.530. The Morgan fingerprint density at radius 2 is 1.79 bits per heavy atom. The van der Waals surface area contributed by atoms with Crippen LogP contribution in [0, 0.1) is 0 Å². The molecule has 0 radical (unpaired) electrons. The fourth-order valence-corrected chi connectivity index (χ4v) is 4.26. The number of anilines is 1. The normalized spacial score (nSPS) is 12.3. The second-order valence-corrected chi connectivity index (χ2v) is 8.84. The minimum absolute atomic E-state index is 0.0292. The quantitative estimate of drug-likeness (QED) is 0.577. The van der Waals surface area contributed by atoms with Crippen molar-refractivity contribution in [3.63, 3.8) is 0 Å². The number of rotatable bonds is 6. The third-order valence-electron chi connectivity index (χ3n) is 3.99. The maximum atomic E-state index is 13.0. The molecule has 0 aliphatic heterocycles. The molecular formula is C18H15F3N2O4S2. The molecule has 0 saturated carbocycles. The number of thiazole rings is 1. The van der Waals surface area contributed by atoms with E-state index < -0.39 is 26.1 Å². The molecule has 0 aliphatic carbocycles. The Balaban J connectivity index is 1.94. The van der Waals surface area contributed by atoms with Gasteiger partial charge in [-0.25, -0.2) is 13.4 Å². The number of para-hydroxylation sites is 1. The van der Waals surface area contributed by atoms with E-state index >= 15 is 0 Å². The number of sulfone groups is 1. The van der Waals surface area contributed by atoms with Crippen LogP contribution in [-0.2, 0) is 14.6 Å². The zero-order valence-corrected chi connectivity index (χ0v) is 16.6. The van der Waals surface area contributed by atoms with Crippen LogP contribution < -0.4 is 4.90 Å². The van der Waals surface area contributed by atoms with Crippen molar-refractivity contribution >= 4 is 42.4 Å². The summed E-state index contributed by atoms with van der Waals surface area (Å²) in [4.78, 5) is 17.8. The lowest BCUT2D eigenvalue weighted by molar-refractivity contribution is -0.0436. The van der Waals surface area contributed by atoms with Crippen LogP contribution >= 0.6 is 11.3 Å². The molecule has 0 spiro atoms. The van der Waals surface area contributed by atoms with Crippen molar-refractivity contribution < 1.29 is 31.1 Å². The van der Waals surface area contributed by atoms with Gasteiger partial charge in [0.05, 0.1) is 28.3 Å². The van der Waals surface area contributed by atoms with E-state index in [1.165, 1.54) is 23.3 Å². The SMILES string of the molecule is COCCN(C(=O)c1ccc(S(=O)(=O)C(F)(F)F)cc1)c1nc2ccccc2s1. The Bertz CT molecular complexity index is 1090. The lowest BCUT2D eigenvalue weighted by Crippen LogP contribution is -2.34. The first-order chi connectivity index (χ1) is 13.6. The molecular weight excluding hydrogens is 429 g/mol. The van der Waals surface area contributed by atoms with Crippen LogP contribution in [0.3, 0.4) is 0 Å². The molecule has 29 heavy (non-hydrogen) atoms. The van der Waals surface area contributed by atoms with Gasteiger partial charge in [-0.05, 0) is 36.4 Å². The van der Waals surface area contributed by atoms with Gasteiger partial charge >= 0.3 is 5.51 Å². The molecule has 0 aliphatic rings. The summed E-state index contributed by atoms with van der Waals surface area (Å²) in [6.45, 7) is 0.375. The molecule has 0 fully saturated rings. The number of fused-ring (bicyclic) bond motifs is 1. The Kier molecular flexibility index (Phi) is 5.92. The minimum Gasteiger partial charge on any atom is -0.383 e. The minimum atomic E-state index is -5.48. The number of amides is 1. The van der Waals surface area contributed by atoms with Gasteiger partial charge in [0, 0.05) is 12.7 Å². The van der Waals surface area contributed by atoms with Crippen LogP contribution in [-0.4, -0.2) is 45.1 Å². The van der Waals surface area contributed by atoms with Crippen molar-refractivity contribution in [1.29, 1.82) is 0 Å². The molecule has 0 unspecified atom stereocenters. The number of aromatic nitrogens is 1. The fourth-order valence-electron chi connectivity index (χ4n) is 2.51. The number of methoxy groups -OCH3 is 1. The van der Waals surface area contributed by atoms with E-state index in [0.717, 1.165) is 29.0 Å². The predicted molar refractivity (Wildman–Crippen MR) is 103 cm³/mol. The van der Waals surface area contributed by atoms with Gasteiger partial charge in [0.1, 0.15) is 0 Å². The lowest BCUT2D eigenvalue weighted by Gasteiger charge is -2.19. The highest BCUT2D eigenvalue weighted by Gasteiger charge is 2.46. The van der Waals surface area contributed by atoms with Crippen molar-refractivity contribution in [2.75, 3.05) is 25.2 Å². The maximum absolute atomic E-state index is 13.0. The van der Waals surface area contributed by atoms with Gasteiger partial charge in [0.15, 0.2) is 5.13 Å². The number of alkyl halides is 3. The molecule has 6 nitrogen and oxygen atoms in total. The molecule has 154 valence electrons. The first kappa shape index (κ1) is 21.2. The number of benzene rings is 2. The first-order valence-electron chi connectivity index (χ1n) is 8.23. The van der Waals surface area contributed by atoms with E-state index in [2.05, 4.69) is 4.98 Å². The number of halogens is 3. The largest absolute Gasteiger partial charge is 0.501 e. The summed E-state index contributed by atoms with van der Waals surface area (Å²) < 4.78 is 66.9. The summed E-state index contributed by atoms with van der Waals surface area (Å²) in [5, 5.41) is 0.403. The van der Waals surface area contributed by atoms with E-state index in [4.69, 9.17) is 4.74 Å². The number of carbonyl (C=O) groups excluding carboxylic acids is 1. The molecule has 1 heterocycles. The summed E-state index contributed by atoms with van der Waals surface area (Å²) in [5.41, 5.74) is -4.68. The second kappa shape index (κ2) is 8.09. The van der Waals surface area contributed by atoms with E-state index in [1.807, 2.05) is 18.2 Å². The number of hydrogen-bond donors (Lipinski definition) is 0. The smallest absolute Gasteiger partial charge is 0.383 e. The van der Waals surface area contributed by atoms with Crippen molar-refractivity contribution in [3.8, 4) is 0 Å². The van der Waals surface area contributed by atoms with Crippen molar-refractivity contribution in [3.05, 3.63) is 54.1 Å². The van der Waals surface area contributed by atoms with E-state index in [0.29, 0.717) is 10.6 Å². The molecule has 11 heteroatoms. The van der Waals surface area contributed by atoms with Gasteiger partial charge in [-0.15, -0.1) is 0 Å². The Morgan fingerprint density at radius 3 is 2.38 bits per heavy atom. The third-order valence-corrected chi connectivity index (χ3v) is 6.56. The Labute approximate surface area is 168 Å². The van der Waals surface area contributed by atoms with Crippen LogP contribution in [0.1, 0.15) is 10.4 Å². The highest BCUT2D eigenvalue weighted by Crippen LogP contribution is 2.32. The fraction of sp³-hybridized carbons (Fsp3) is 0.222. The maximum Gasteiger partial charge on any atom is 0.501 e. The van der Waals surface area contributed by atoms with Gasteiger partial charge in [-0.1, -0.05) is 23.5 Å². The first-order valence-corrected chi connectivity index (χ1v) is 10.5. The number of ether oxygens (including phenoxy) is 1. The van der Waals surface area contributed by atoms with E-state index in [1.54, 1.807) is 6.07 Å². The average Bonchev–Trinajstić information content (AvgIpc) is 3.11. The summed E-state index contributed by atoms with van der Waals surface area (Å²) in [7, 11) is -4.01. The van der Waals surface area contributed by atoms with Crippen LogP contribution in [0.4, 0.5) is 18.3 Å². The average molecular weight is 444 g/mol. The molecule has 0 bridgehead atoms. The summed E-state index contributed by atoms with van der Waals surface area (Å²) in [6, 6.07) is 10.9.